The molecule has 0 radical (unpaired) electrons. The number of piperazine rings is 1. The number of hydrogen-bond acceptors (Lipinski definition) is 4. The molecule has 1 amide bonds. The molecule has 1 saturated heterocycles. The highest BCUT2D eigenvalue weighted by atomic mass is 19.4. The van der Waals surface area contributed by atoms with Gasteiger partial charge < -0.3 is 15.1 Å². The molecule has 168 valence electrons. The van der Waals surface area contributed by atoms with E-state index in [1.165, 1.54) is 17.0 Å². The van der Waals surface area contributed by atoms with E-state index in [4.69, 9.17) is 0 Å². The average molecular weight is 443 g/mol. The Hall–Kier alpha value is -3.29. The summed E-state index contributed by atoms with van der Waals surface area (Å²) in [4.78, 5) is 29.2. The van der Waals surface area contributed by atoms with E-state index in [0.717, 1.165) is 23.4 Å². The van der Waals surface area contributed by atoms with Crippen LogP contribution >= 0.6 is 0 Å². The highest BCUT2D eigenvalue weighted by Crippen LogP contribution is 2.31. The molecule has 0 aliphatic carbocycles. The van der Waals surface area contributed by atoms with Crippen LogP contribution in [0.1, 0.15) is 18.1 Å². The van der Waals surface area contributed by atoms with Crippen molar-refractivity contribution in [1.82, 2.24) is 10.2 Å². The Kier molecular flexibility index (Phi) is 5.95. The van der Waals surface area contributed by atoms with Crippen molar-refractivity contribution in [1.29, 1.82) is 0 Å². The summed E-state index contributed by atoms with van der Waals surface area (Å²) in [7, 11) is 0. The second kappa shape index (κ2) is 8.68. The van der Waals surface area contributed by atoms with Gasteiger partial charge in [-0.1, -0.05) is 30.3 Å². The van der Waals surface area contributed by atoms with E-state index in [-0.39, 0.29) is 6.04 Å². The minimum atomic E-state index is -4.37. The number of alkyl halides is 3. The van der Waals surface area contributed by atoms with Gasteiger partial charge in [0.05, 0.1) is 11.5 Å². The molecule has 1 fully saturated rings. The molecule has 32 heavy (non-hydrogen) atoms. The standard InChI is InChI=1S/C24H24F3N3O2/c1-16-20(15-21(28-16)17-5-3-2-4-6-17)22(31)23(32)30-13-11-29(12-14-30)19-9-7-18(8-10-19)24(25,26)27/h2-10,15-16,20,28H,11-14H2,1H3. The van der Waals surface area contributed by atoms with Gasteiger partial charge in [-0.05, 0) is 42.8 Å². The lowest BCUT2D eigenvalue weighted by Crippen LogP contribution is -2.52. The summed E-state index contributed by atoms with van der Waals surface area (Å²) in [6, 6.07) is 14.4. The number of halogens is 3. The predicted octanol–water partition coefficient (Wildman–Crippen LogP) is 3.57. The van der Waals surface area contributed by atoms with Crippen LogP contribution < -0.4 is 10.2 Å². The lowest BCUT2D eigenvalue weighted by molar-refractivity contribution is -0.146. The molecule has 2 aromatic carbocycles. The quantitative estimate of drug-likeness (QED) is 0.735. The lowest BCUT2D eigenvalue weighted by atomic mass is 9.97. The van der Waals surface area contributed by atoms with Crippen molar-refractivity contribution in [2.45, 2.75) is 19.1 Å². The van der Waals surface area contributed by atoms with E-state index in [1.807, 2.05) is 48.2 Å². The van der Waals surface area contributed by atoms with Crippen molar-refractivity contribution in [2.24, 2.45) is 5.92 Å². The van der Waals surface area contributed by atoms with E-state index in [1.54, 1.807) is 0 Å². The van der Waals surface area contributed by atoms with Crippen LogP contribution in [0.25, 0.3) is 5.70 Å². The first kappa shape index (κ1) is 21.9. The lowest BCUT2D eigenvalue weighted by Gasteiger charge is -2.36. The summed E-state index contributed by atoms with van der Waals surface area (Å²) in [6.07, 6.45) is -2.55. The summed E-state index contributed by atoms with van der Waals surface area (Å²) < 4.78 is 38.3. The number of carbonyl (C=O) groups is 2. The molecule has 1 N–H and O–H groups in total. The van der Waals surface area contributed by atoms with Crippen LogP contribution in [0.4, 0.5) is 18.9 Å². The molecule has 2 aliphatic heterocycles. The number of ketones is 1. The second-order valence-electron chi connectivity index (χ2n) is 8.09. The Morgan fingerprint density at radius 3 is 2.16 bits per heavy atom. The first-order valence-electron chi connectivity index (χ1n) is 10.5. The van der Waals surface area contributed by atoms with Crippen molar-refractivity contribution in [3.05, 3.63) is 71.8 Å². The average Bonchev–Trinajstić information content (AvgIpc) is 3.20. The molecule has 2 aromatic rings. The highest BCUT2D eigenvalue weighted by molar-refractivity contribution is 6.37. The van der Waals surface area contributed by atoms with Crippen LogP contribution in [0, 0.1) is 5.92 Å². The number of hydrogen-bond donors (Lipinski definition) is 1. The van der Waals surface area contributed by atoms with Gasteiger partial charge in [0.2, 0.25) is 5.78 Å². The van der Waals surface area contributed by atoms with Gasteiger partial charge in [-0.2, -0.15) is 13.2 Å². The van der Waals surface area contributed by atoms with Crippen molar-refractivity contribution >= 4 is 23.1 Å². The maximum Gasteiger partial charge on any atom is 0.416 e. The number of amides is 1. The number of nitrogens with one attached hydrogen (secondary N) is 1. The second-order valence-corrected chi connectivity index (χ2v) is 8.09. The topological polar surface area (TPSA) is 52.7 Å². The molecule has 0 bridgehead atoms. The molecule has 2 aliphatic rings. The van der Waals surface area contributed by atoms with Crippen molar-refractivity contribution in [2.75, 3.05) is 31.1 Å². The van der Waals surface area contributed by atoms with E-state index in [9.17, 15) is 22.8 Å². The van der Waals surface area contributed by atoms with Crippen LogP contribution in [0.2, 0.25) is 0 Å². The Labute approximate surface area is 184 Å². The zero-order valence-corrected chi connectivity index (χ0v) is 17.6. The third-order valence-electron chi connectivity index (χ3n) is 5.99. The fourth-order valence-corrected chi connectivity index (χ4v) is 4.13. The maximum atomic E-state index is 12.9. The number of Topliss-reactive ketones (excluding diaryl/α,β-unsaturated/α-hetero) is 1. The van der Waals surface area contributed by atoms with Gasteiger partial charge in [0.25, 0.3) is 5.91 Å². The zero-order chi connectivity index (χ0) is 22.9. The summed E-state index contributed by atoms with van der Waals surface area (Å²) in [5.41, 5.74) is 1.78. The molecule has 4 rings (SSSR count). The minimum Gasteiger partial charge on any atom is -0.381 e. The minimum absolute atomic E-state index is 0.185. The van der Waals surface area contributed by atoms with Gasteiger partial charge in [0.1, 0.15) is 0 Å². The largest absolute Gasteiger partial charge is 0.416 e. The van der Waals surface area contributed by atoms with Gasteiger partial charge in [0, 0.05) is 43.6 Å². The number of carbonyl (C=O) groups excluding carboxylic acids is 2. The smallest absolute Gasteiger partial charge is 0.381 e. The summed E-state index contributed by atoms with van der Waals surface area (Å²) in [6.45, 7) is 3.47. The summed E-state index contributed by atoms with van der Waals surface area (Å²) >= 11 is 0. The molecule has 8 heteroatoms. The molecule has 2 unspecified atom stereocenters. The zero-order valence-electron chi connectivity index (χ0n) is 17.6. The van der Waals surface area contributed by atoms with Crippen molar-refractivity contribution in [3.63, 3.8) is 0 Å². The molecule has 5 nitrogen and oxygen atoms in total. The fraction of sp³-hybridized carbons (Fsp3) is 0.333. The highest BCUT2D eigenvalue weighted by Gasteiger charge is 2.36. The van der Waals surface area contributed by atoms with Crippen LogP contribution in [0.15, 0.2) is 60.7 Å². The van der Waals surface area contributed by atoms with E-state index in [2.05, 4.69) is 5.32 Å². The third kappa shape index (κ3) is 4.49. The van der Waals surface area contributed by atoms with Crippen LogP contribution in [0.3, 0.4) is 0 Å². The monoisotopic (exact) mass is 443 g/mol. The fourth-order valence-electron chi connectivity index (χ4n) is 4.13. The van der Waals surface area contributed by atoms with Gasteiger partial charge >= 0.3 is 6.18 Å². The number of rotatable bonds is 4. The first-order chi connectivity index (χ1) is 15.2. The Balaban J connectivity index is 1.37. The molecule has 2 atom stereocenters. The normalized spacial score (nSPS) is 21.2. The number of nitrogens with zero attached hydrogens (tertiary/aromatic N) is 2. The SMILES string of the molecule is CC1NC(c2ccccc2)=CC1C(=O)C(=O)N1CCN(c2ccc(C(F)(F)F)cc2)CC1. The summed E-state index contributed by atoms with van der Waals surface area (Å²) in [5.74, 6) is -1.49. The van der Waals surface area contributed by atoms with E-state index >= 15 is 0 Å². The van der Waals surface area contributed by atoms with Crippen LogP contribution in [-0.2, 0) is 15.8 Å². The molecular formula is C24H24F3N3O2. The molecule has 2 heterocycles. The third-order valence-corrected chi connectivity index (χ3v) is 5.99. The van der Waals surface area contributed by atoms with Gasteiger partial charge in [-0.15, -0.1) is 0 Å². The van der Waals surface area contributed by atoms with E-state index < -0.39 is 29.3 Å². The Bertz CT molecular complexity index is 1010. The Morgan fingerprint density at radius 2 is 1.56 bits per heavy atom. The van der Waals surface area contributed by atoms with Gasteiger partial charge in [0.15, 0.2) is 0 Å². The van der Waals surface area contributed by atoms with Crippen LogP contribution in [0.5, 0.6) is 0 Å². The summed E-state index contributed by atoms with van der Waals surface area (Å²) in [5, 5.41) is 3.28. The van der Waals surface area contributed by atoms with Gasteiger partial charge in [-0.3, -0.25) is 9.59 Å². The number of benzene rings is 2. The van der Waals surface area contributed by atoms with E-state index in [0.29, 0.717) is 31.9 Å². The molecule has 0 spiro atoms. The predicted molar refractivity (Wildman–Crippen MR) is 116 cm³/mol. The van der Waals surface area contributed by atoms with Gasteiger partial charge in [-0.25, -0.2) is 0 Å². The van der Waals surface area contributed by atoms with Crippen LogP contribution in [-0.4, -0.2) is 48.8 Å². The number of anilines is 1. The Morgan fingerprint density at radius 1 is 0.938 bits per heavy atom. The first-order valence-corrected chi connectivity index (χ1v) is 10.5. The van der Waals surface area contributed by atoms with Crippen molar-refractivity contribution < 1.29 is 22.8 Å². The maximum absolute atomic E-state index is 12.9. The molecule has 0 aromatic heterocycles. The molecule has 0 saturated carbocycles. The molecular weight excluding hydrogens is 419 g/mol. The van der Waals surface area contributed by atoms with Crippen molar-refractivity contribution in [3.8, 4) is 0 Å².